The number of nitrogens with zero attached hydrogens (tertiary/aromatic N) is 3. The predicted octanol–water partition coefficient (Wildman–Crippen LogP) is 3.49. The summed E-state index contributed by atoms with van der Waals surface area (Å²) in [6, 6.07) is 5.02. The third-order valence-electron chi connectivity index (χ3n) is 1.80. The molecule has 0 saturated heterocycles. The number of hydrogen-bond acceptors (Lipinski definition) is 2. The Kier molecular flexibility index (Phi) is 2.24. The lowest BCUT2D eigenvalue weighted by molar-refractivity contribution is 1.05. The number of fused-ring (bicyclic) bond motifs is 1. The minimum Gasteiger partial charge on any atom is -0.238 e. The lowest BCUT2D eigenvalue weighted by Gasteiger charge is -2.00. The van der Waals surface area contributed by atoms with Crippen LogP contribution < -0.4 is 0 Å². The zero-order chi connectivity index (χ0) is 10.1. The first kappa shape index (κ1) is 9.20. The first-order valence-electron chi connectivity index (χ1n) is 3.71. The van der Waals surface area contributed by atoms with E-state index in [1.165, 1.54) is 0 Å². The average Bonchev–Trinajstić information content (AvgIpc) is 2.23. The van der Waals surface area contributed by atoms with Crippen molar-refractivity contribution >= 4 is 39.7 Å². The molecule has 5 heteroatoms. The molecule has 0 N–H and O–H groups in total. The fourth-order valence-corrected chi connectivity index (χ4v) is 1.54. The van der Waals surface area contributed by atoms with Crippen molar-refractivity contribution < 1.29 is 0 Å². The van der Waals surface area contributed by atoms with E-state index in [4.69, 9.17) is 29.8 Å². The summed E-state index contributed by atoms with van der Waals surface area (Å²) < 4.78 is 0. The summed E-state index contributed by atoms with van der Waals surface area (Å²) in [4.78, 5) is 3.29. The molecule has 0 spiro atoms. The summed E-state index contributed by atoms with van der Waals surface area (Å²) in [7, 11) is 0. The van der Waals surface area contributed by atoms with E-state index in [-0.39, 0.29) is 5.15 Å². The first-order valence-corrected chi connectivity index (χ1v) is 4.47. The number of halogens is 2. The van der Waals surface area contributed by atoms with E-state index in [0.29, 0.717) is 21.6 Å². The highest BCUT2D eigenvalue weighted by molar-refractivity contribution is 6.38. The van der Waals surface area contributed by atoms with Gasteiger partial charge in [-0.3, -0.25) is 0 Å². The summed E-state index contributed by atoms with van der Waals surface area (Å²) >= 11 is 11.6. The summed E-state index contributed by atoms with van der Waals surface area (Å²) in [5.41, 5.74) is 0.503. The number of aromatic nitrogens is 2. The van der Waals surface area contributed by atoms with Crippen LogP contribution in [0.5, 0.6) is 0 Å². The van der Waals surface area contributed by atoms with Crippen LogP contribution in [0.1, 0.15) is 0 Å². The van der Waals surface area contributed by atoms with Crippen molar-refractivity contribution in [3.8, 4) is 0 Å². The van der Waals surface area contributed by atoms with E-state index in [1.54, 1.807) is 18.2 Å². The number of benzene rings is 1. The first-order chi connectivity index (χ1) is 6.72. The standard InChI is InChI=1S/C9H3Cl2N3/c1-12-5-2-3-6-7(4-5)9(11)14-13-8(6)10/h2-4H. The van der Waals surface area contributed by atoms with Gasteiger partial charge in [-0.2, -0.15) is 0 Å². The Morgan fingerprint density at radius 3 is 2.36 bits per heavy atom. The Morgan fingerprint density at radius 2 is 1.71 bits per heavy atom. The zero-order valence-corrected chi connectivity index (χ0v) is 8.34. The topological polar surface area (TPSA) is 30.1 Å². The van der Waals surface area contributed by atoms with Crippen LogP contribution in [0, 0.1) is 6.57 Å². The lowest BCUT2D eigenvalue weighted by atomic mass is 10.2. The van der Waals surface area contributed by atoms with Crippen LogP contribution in [0.15, 0.2) is 18.2 Å². The smallest absolute Gasteiger partial charge is 0.187 e. The molecule has 0 amide bonds. The summed E-state index contributed by atoms with van der Waals surface area (Å²) in [6.07, 6.45) is 0. The van der Waals surface area contributed by atoms with Gasteiger partial charge in [0.25, 0.3) is 0 Å². The molecule has 2 rings (SSSR count). The third-order valence-corrected chi connectivity index (χ3v) is 2.36. The van der Waals surface area contributed by atoms with Crippen LogP contribution in [-0.4, -0.2) is 10.2 Å². The Balaban J connectivity index is 2.89. The van der Waals surface area contributed by atoms with Crippen LogP contribution in [0.3, 0.4) is 0 Å². The molecule has 0 unspecified atom stereocenters. The second kappa shape index (κ2) is 3.41. The molecule has 1 aromatic heterocycles. The molecule has 2 aromatic rings. The van der Waals surface area contributed by atoms with Crippen molar-refractivity contribution in [2.45, 2.75) is 0 Å². The molecule has 0 aliphatic heterocycles. The van der Waals surface area contributed by atoms with Gasteiger partial charge in [-0.1, -0.05) is 35.3 Å². The Bertz CT molecular complexity index is 545. The van der Waals surface area contributed by atoms with E-state index in [2.05, 4.69) is 15.0 Å². The Hall–Kier alpha value is -1.37. The van der Waals surface area contributed by atoms with Crippen LogP contribution in [0.25, 0.3) is 15.6 Å². The number of rotatable bonds is 0. The quantitative estimate of drug-likeness (QED) is 0.641. The molecule has 0 radical (unpaired) electrons. The van der Waals surface area contributed by atoms with Gasteiger partial charge in [-0.15, -0.1) is 10.2 Å². The molecule has 0 fully saturated rings. The molecule has 0 aliphatic rings. The van der Waals surface area contributed by atoms with E-state index in [1.807, 2.05) is 0 Å². The molecule has 1 heterocycles. The van der Waals surface area contributed by atoms with Gasteiger partial charge < -0.3 is 0 Å². The van der Waals surface area contributed by atoms with Crippen molar-refractivity contribution in [1.82, 2.24) is 10.2 Å². The minimum atomic E-state index is 0.259. The molecule has 1 aromatic carbocycles. The highest BCUT2D eigenvalue weighted by Crippen LogP contribution is 2.29. The molecule has 0 aliphatic carbocycles. The van der Waals surface area contributed by atoms with E-state index in [9.17, 15) is 0 Å². The molecule has 68 valence electrons. The normalized spacial score (nSPS) is 10.1. The fourth-order valence-electron chi connectivity index (χ4n) is 1.15. The number of hydrogen-bond donors (Lipinski definition) is 0. The Morgan fingerprint density at radius 1 is 1.07 bits per heavy atom. The van der Waals surface area contributed by atoms with Gasteiger partial charge in [-0.25, -0.2) is 4.85 Å². The molecule has 14 heavy (non-hydrogen) atoms. The highest BCUT2D eigenvalue weighted by Gasteiger charge is 2.06. The molecule has 3 nitrogen and oxygen atoms in total. The highest BCUT2D eigenvalue weighted by atomic mass is 35.5. The molecular weight excluding hydrogens is 221 g/mol. The summed E-state index contributed by atoms with van der Waals surface area (Å²) in [5, 5.41) is 9.24. The molecule has 0 bridgehead atoms. The maximum absolute atomic E-state index is 6.86. The van der Waals surface area contributed by atoms with E-state index in [0.717, 1.165) is 0 Å². The Labute approximate surface area is 90.1 Å². The van der Waals surface area contributed by atoms with Gasteiger partial charge >= 0.3 is 0 Å². The van der Waals surface area contributed by atoms with Gasteiger partial charge in [0.05, 0.1) is 6.57 Å². The molecule has 0 saturated carbocycles. The second-order valence-electron chi connectivity index (χ2n) is 2.62. The maximum atomic E-state index is 6.86. The van der Waals surface area contributed by atoms with Gasteiger partial charge in [-0.05, 0) is 6.07 Å². The van der Waals surface area contributed by atoms with Crippen molar-refractivity contribution in [3.05, 3.63) is 39.9 Å². The maximum Gasteiger partial charge on any atom is 0.187 e. The van der Waals surface area contributed by atoms with Crippen LogP contribution in [-0.2, 0) is 0 Å². The SMILES string of the molecule is [C-]#[N+]c1ccc2c(Cl)nnc(Cl)c2c1. The fraction of sp³-hybridized carbons (Fsp3) is 0. The summed E-state index contributed by atoms with van der Waals surface area (Å²) in [5.74, 6) is 0. The lowest BCUT2D eigenvalue weighted by Crippen LogP contribution is -1.85. The monoisotopic (exact) mass is 223 g/mol. The van der Waals surface area contributed by atoms with Gasteiger partial charge in [0.2, 0.25) is 0 Å². The van der Waals surface area contributed by atoms with Crippen molar-refractivity contribution in [2.24, 2.45) is 0 Å². The van der Waals surface area contributed by atoms with Crippen LogP contribution in [0.2, 0.25) is 10.3 Å². The largest absolute Gasteiger partial charge is 0.238 e. The molecular formula is C9H3Cl2N3. The predicted molar refractivity (Wildman–Crippen MR) is 55.8 cm³/mol. The van der Waals surface area contributed by atoms with Gasteiger partial charge in [0, 0.05) is 10.8 Å². The summed E-state index contributed by atoms with van der Waals surface area (Å²) in [6.45, 7) is 6.86. The second-order valence-corrected chi connectivity index (χ2v) is 3.34. The zero-order valence-electron chi connectivity index (χ0n) is 6.83. The van der Waals surface area contributed by atoms with Crippen molar-refractivity contribution in [3.63, 3.8) is 0 Å². The van der Waals surface area contributed by atoms with Gasteiger partial charge in [0.1, 0.15) is 0 Å². The van der Waals surface area contributed by atoms with Crippen molar-refractivity contribution in [2.75, 3.05) is 0 Å². The van der Waals surface area contributed by atoms with E-state index < -0.39 is 0 Å². The van der Waals surface area contributed by atoms with Gasteiger partial charge in [0.15, 0.2) is 16.0 Å². The average molecular weight is 224 g/mol. The van der Waals surface area contributed by atoms with Crippen LogP contribution in [0.4, 0.5) is 5.69 Å². The van der Waals surface area contributed by atoms with Crippen molar-refractivity contribution in [1.29, 1.82) is 0 Å². The third kappa shape index (κ3) is 1.39. The van der Waals surface area contributed by atoms with Crippen LogP contribution >= 0.6 is 23.2 Å². The molecule has 0 atom stereocenters. The van der Waals surface area contributed by atoms with E-state index >= 15 is 0 Å². The minimum absolute atomic E-state index is 0.259.